The van der Waals surface area contributed by atoms with Gasteiger partial charge in [0.15, 0.2) is 0 Å². The number of fused-ring (bicyclic) bond motifs is 1. The van der Waals surface area contributed by atoms with E-state index in [2.05, 4.69) is 18.3 Å². The van der Waals surface area contributed by atoms with Crippen molar-refractivity contribution >= 4 is 28.2 Å². The lowest BCUT2D eigenvalue weighted by Crippen LogP contribution is -2.24. The zero-order valence-corrected chi connectivity index (χ0v) is 12.0. The van der Waals surface area contributed by atoms with Gasteiger partial charge in [-0.15, -0.1) is 11.3 Å². The maximum atomic E-state index is 11.7. The highest BCUT2D eigenvalue weighted by Gasteiger charge is 2.26. The largest absolute Gasteiger partial charge is 0.550 e. The zero-order chi connectivity index (χ0) is 14.7. The van der Waals surface area contributed by atoms with Crippen LogP contribution in [0.5, 0.6) is 0 Å². The van der Waals surface area contributed by atoms with Crippen molar-refractivity contribution in [3.8, 4) is 6.07 Å². The van der Waals surface area contributed by atoms with Crippen LogP contribution in [0.4, 0.5) is 5.00 Å². The first-order chi connectivity index (χ1) is 9.52. The lowest BCUT2D eigenvalue weighted by Gasteiger charge is -2.18. The summed E-state index contributed by atoms with van der Waals surface area (Å²) in [5.74, 6) is -1.31. The fourth-order valence-electron chi connectivity index (χ4n) is 2.51. The molecular weight excluding hydrogens is 276 g/mol. The number of hydrogen-bond acceptors (Lipinski definition) is 5. The molecule has 1 aliphatic rings. The van der Waals surface area contributed by atoms with E-state index in [1.165, 1.54) is 11.3 Å². The van der Waals surface area contributed by atoms with Crippen molar-refractivity contribution in [1.82, 2.24) is 0 Å². The van der Waals surface area contributed by atoms with Gasteiger partial charge in [-0.1, -0.05) is 6.92 Å². The smallest absolute Gasteiger partial charge is 0.225 e. The van der Waals surface area contributed by atoms with Crippen molar-refractivity contribution in [3.63, 3.8) is 0 Å². The predicted molar refractivity (Wildman–Crippen MR) is 73.3 cm³/mol. The summed E-state index contributed by atoms with van der Waals surface area (Å²) in [5, 5.41) is 22.9. The molecule has 0 saturated carbocycles. The zero-order valence-electron chi connectivity index (χ0n) is 11.2. The van der Waals surface area contributed by atoms with Gasteiger partial charge in [-0.2, -0.15) is 5.26 Å². The van der Waals surface area contributed by atoms with Crippen molar-refractivity contribution < 1.29 is 14.7 Å². The third-order valence-corrected chi connectivity index (χ3v) is 4.66. The Morgan fingerprint density at radius 2 is 2.25 bits per heavy atom. The third-order valence-electron chi connectivity index (χ3n) is 3.48. The van der Waals surface area contributed by atoms with Crippen molar-refractivity contribution in [1.29, 1.82) is 5.26 Å². The van der Waals surface area contributed by atoms with Gasteiger partial charge in [0, 0.05) is 17.3 Å². The second-order valence-corrected chi connectivity index (χ2v) is 6.07. The monoisotopic (exact) mass is 291 g/mol. The molecule has 1 aromatic rings. The van der Waals surface area contributed by atoms with E-state index in [1.807, 2.05) is 0 Å². The second-order valence-electron chi connectivity index (χ2n) is 4.97. The summed E-state index contributed by atoms with van der Waals surface area (Å²) in [4.78, 5) is 23.2. The predicted octanol–water partition coefficient (Wildman–Crippen LogP) is 1.53. The molecule has 1 aromatic heterocycles. The number of thiophene rings is 1. The lowest BCUT2D eigenvalue weighted by molar-refractivity contribution is -0.305. The Morgan fingerprint density at radius 1 is 1.50 bits per heavy atom. The summed E-state index contributed by atoms with van der Waals surface area (Å²) in [6.45, 7) is 2.09. The highest BCUT2D eigenvalue weighted by molar-refractivity contribution is 7.16. The molecule has 1 atom stereocenters. The topological polar surface area (TPSA) is 93.0 Å². The molecule has 106 valence electrons. The standard InChI is InChI=1S/C14H16N2O3S/c1-8-3-2-4-10-13(8)9(7-15)14(20-10)16-11(17)5-6-12(18)19/h8H,2-6H2,1H3,(H,16,17)(H,18,19)/p-1/t8-/m1/s1. The van der Waals surface area contributed by atoms with Crippen molar-refractivity contribution in [3.05, 3.63) is 16.0 Å². The lowest BCUT2D eigenvalue weighted by atomic mass is 9.87. The number of nitrogens with one attached hydrogen (secondary N) is 1. The minimum Gasteiger partial charge on any atom is -0.550 e. The molecule has 0 unspecified atom stereocenters. The van der Waals surface area contributed by atoms with Gasteiger partial charge in [-0.3, -0.25) is 4.79 Å². The Balaban J connectivity index is 2.19. The minimum atomic E-state index is -1.25. The first kappa shape index (κ1) is 14.5. The Morgan fingerprint density at radius 3 is 2.90 bits per heavy atom. The number of hydrogen-bond donors (Lipinski definition) is 1. The Kier molecular flexibility index (Phi) is 4.40. The first-order valence-electron chi connectivity index (χ1n) is 6.58. The van der Waals surface area contributed by atoms with Crippen LogP contribution in [-0.4, -0.2) is 11.9 Å². The van der Waals surface area contributed by atoms with Crippen LogP contribution < -0.4 is 10.4 Å². The molecule has 1 amide bonds. The van der Waals surface area contributed by atoms with Gasteiger partial charge in [0.25, 0.3) is 0 Å². The molecule has 1 aliphatic carbocycles. The number of aliphatic carboxylic acids is 1. The number of amides is 1. The van der Waals surface area contributed by atoms with E-state index >= 15 is 0 Å². The molecule has 0 fully saturated rings. The molecule has 0 saturated heterocycles. The van der Waals surface area contributed by atoms with E-state index in [0.717, 1.165) is 29.7 Å². The van der Waals surface area contributed by atoms with E-state index < -0.39 is 11.9 Å². The summed E-state index contributed by atoms with van der Waals surface area (Å²) in [6, 6.07) is 2.17. The average Bonchev–Trinajstić information content (AvgIpc) is 2.75. The summed E-state index contributed by atoms with van der Waals surface area (Å²) >= 11 is 1.44. The van der Waals surface area contributed by atoms with Crippen LogP contribution in [0, 0.1) is 11.3 Å². The quantitative estimate of drug-likeness (QED) is 0.910. The third kappa shape index (κ3) is 2.99. The van der Waals surface area contributed by atoms with E-state index in [-0.39, 0.29) is 12.8 Å². The van der Waals surface area contributed by atoms with Gasteiger partial charge >= 0.3 is 0 Å². The van der Waals surface area contributed by atoms with Gasteiger partial charge in [0.1, 0.15) is 11.1 Å². The van der Waals surface area contributed by atoms with Crippen molar-refractivity contribution in [2.75, 3.05) is 5.32 Å². The molecule has 0 spiro atoms. The molecule has 5 nitrogen and oxygen atoms in total. The fourth-order valence-corrected chi connectivity index (χ4v) is 3.84. The second kappa shape index (κ2) is 6.06. The summed E-state index contributed by atoms with van der Waals surface area (Å²) < 4.78 is 0. The molecule has 0 radical (unpaired) electrons. The number of aryl methyl sites for hydroxylation is 1. The molecular formula is C14H15N2O3S-. The average molecular weight is 291 g/mol. The first-order valence-corrected chi connectivity index (χ1v) is 7.40. The summed E-state index contributed by atoms with van der Waals surface area (Å²) in [7, 11) is 0. The van der Waals surface area contributed by atoms with Crippen molar-refractivity contribution in [2.24, 2.45) is 0 Å². The summed E-state index contributed by atoms with van der Waals surface area (Å²) in [5.41, 5.74) is 1.60. The van der Waals surface area contributed by atoms with E-state index in [1.54, 1.807) is 0 Å². The van der Waals surface area contributed by atoms with Crippen LogP contribution in [-0.2, 0) is 16.0 Å². The minimum absolute atomic E-state index is 0.134. The number of anilines is 1. The number of nitrogens with zero attached hydrogens (tertiary/aromatic N) is 1. The number of rotatable bonds is 4. The number of carboxylic acids is 1. The Labute approximate surface area is 121 Å². The molecule has 1 N–H and O–H groups in total. The maximum absolute atomic E-state index is 11.7. The Hall–Kier alpha value is -1.87. The normalized spacial score (nSPS) is 17.1. The Bertz CT molecular complexity index is 586. The van der Waals surface area contributed by atoms with Gasteiger partial charge in [0.05, 0.1) is 5.56 Å². The van der Waals surface area contributed by atoms with E-state index in [0.29, 0.717) is 16.5 Å². The SMILES string of the molecule is C[C@@H]1CCCc2sc(NC(=O)CCC(=O)[O-])c(C#N)c21. The van der Waals surface area contributed by atoms with Crippen LogP contribution in [0.25, 0.3) is 0 Å². The molecule has 1 heterocycles. The molecule has 0 aromatic carbocycles. The maximum Gasteiger partial charge on any atom is 0.225 e. The highest BCUT2D eigenvalue weighted by Crippen LogP contribution is 2.42. The number of nitriles is 1. The van der Waals surface area contributed by atoms with Gasteiger partial charge in [-0.25, -0.2) is 0 Å². The van der Waals surface area contributed by atoms with Crippen molar-refractivity contribution in [2.45, 2.75) is 44.9 Å². The molecule has 20 heavy (non-hydrogen) atoms. The highest BCUT2D eigenvalue weighted by atomic mass is 32.1. The van der Waals surface area contributed by atoms with Crippen LogP contribution >= 0.6 is 11.3 Å². The van der Waals surface area contributed by atoms with Gasteiger partial charge in [0.2, 0.25) is 5.91 Å². The van der Waals surface area contributed by atoms with Gasteiger partial charge in [-0.05, 0) is 37.2 Å². The van der Waals surface area contributed by atoms with Gasteiger partial charge < -0.3 is 15.2 Å². The fraction of sp³-hybridized carbons (Fsp3) is 0.500. The molecule has 0 bridgehead atoms. The van der Waals surface area contributed by atoms with Crippen LogP contribution in [0.3, 0.4) is 0 Å². The number of carboxylic acid groups (broad SMARTS) is 1. The van der Waals surface area contributed by atoms with Crippen LogP contribution in [0.1, 0.15) is 54.5 Å². The van der Waals surface area contributed by atoms with E-state index in [9.17, 15) is 20.0 Å². The number of carbonyl (C=O) groups excluding carboxylic acids is 2. The summed E-state index contributed by atoms with van der Waals surface area (Å²) in [6.07, 6.45) is 2.64. The van der Waals surface area contributed by atoms with E-state index in [4.69, 9.17) is 0 Å². The number of carbonyl (C=O) groups is 2. The van der Waals surface area contributed by atoms with Crippen LogP contribution in [0.2, 0.25) is 0 Å². The van der Waals surface area contributed by atoms with Crippen LogP contribution in [0.15, 0.2) is 0 Å². The molecule has 2 rings (SSSR count). The molecule has 6 heteroatoms. The molecule has 0 aliphatic heterocycles.